The highest BCUT2D eigenvalue weighted by Crippen LogP contribution is 2.66. The minimum Gasteiger partial charge on any atom is -0.493 e. The molecule has 3 nitrogen and oxygen atoms in total. The first-order chi connectivity index (χ1) is 14.8. The van der Waals surface area contributed by atoms with Gasteiger partial charge in [-0.05, 0) is 79.0 Å². The molecule has 31 heavy (non-hydrogen) atoms. The van der Waals surface area contributed by atoms with Crippen molar-refractivity contribution in [2.24, 2.45) is 16.7 Å². The van der Waals surface area contributed by atoms with E-state index in [0.717, 1.165) is 40.1 Å². The lowest BCUT2D eigenvalue weighted by Gasteiger charge is -2.65. The highest BCUT2D eigenvalue weighted by molar-refractivity contribution is 6.30. The number of benzene rings is 2. The molecule has 0 amide bonds. The third-order valence-electron chi connectivity index (χ3n) is 7.83. The smallest absolute Gasteiger partial charge is 0.166 e. The van der Waals surface area contributed by atoms with Crippen LogP contribution >= 0.6 is 11.6 Å². The van der Waals surface area contributed by atoms with E-state index in [2.05, 4.69) is 31.3 Å². The maximum Gasteiger partial charge on any atom is 0.166 e. The normalized spacial score (nSPS) is 33.5. The predicted molar refractivity (Wildman–Crippen MR) is 126 cm³/mol. The molecule has 2 aromatic carbocycles. The van der Waals surface area contributed by atoms with Crippen LogP contribution in [0.15, 0.2) is 42.5 Å². The number of hydrogen-bond donors (Lipinski definition) is 1. The summed E-state index contributed by atoms with van der Waals surface area (Å²) in [7, 11) is 1.71. The van der Waals surface area contributed by atoms with E-state index in [-0.39, 0.29) is 5.54 Å². The van der Waals surface area contributed by atoms with Crippen LogP contribution in [-0.4, -0.2) is 12.6 Å². The molecule has 4 aliphatic carbocycles. The van der Waals surface area contributed by atoms with E-state index in [9.17, 15) is 0 Å². The number of ether oxygens (including phenoxy) is 2. The third-order valence-corrected chi connectivity index (χ3v) is 8.07. The summed E-state index contributed by atoms with van der Waals surface area (Å²) in [6.45, 7) is 6.33. The van der Waals surface area contributed by atoms with Crippen molar-refractivity contribution in [3.05, 3.63) is 58.6 Å². The summed E-state index contributed by atoms with van der Waals surface area (Å²) in [5, 5.41) is 4.76. The Kier molecular flexibility index (Phi) is 5.26. The summed E-state index contributed by atoms with van der Waals surface area (Å²) in [5.41, 5.74) is 3.48. The molecule has 2 aromatic rings. The van der Waals surface area contributed by atoms with Crippen molar-refractivity contribution < 1.29 is 9.47 Å². The Bertz CT molecular complexity index is 955. The molecule has 0 spiro atoms. The highest BCUT2D eigenvalue weighted by Gasteiger charge is 2.59. The van der Waals surface area contributed by atoms with Crippen molar-refractivity contribution in [3.8, 4) is 11.5 Å². The largest absolute Gasteiger partial charge is 0.493 e. The molecular weight excluding hydrogens is 406 g/mol. The van der Waals surface area contributed by atoms with Gasteiger partial charge in [-0.1, -0.05) is 49.7 Å². The zero-order valence-corrected chi connectivity index (χ0v) is 19.7. The number of methoxy groups -OCH3 is 1. The van der Waals surface area contributed by atoms with Gasteiger partial charge in [0, 0.05) is 22.7 Å². The molecular formula is C27H34ClNO2. The van der Waals surface area contributed by atoms with Gasteiger partial charge in [0.25, 0.3) is 0 Å². The van der Waals surface area contributed by atoms with Crippen LogP contribution in [-0.2, 0) is 13.2 Å². The van der Waals surface area contributed by atoms with Crippen LogP contribution in [0, 0.1) is 16.7 Å². The van der Waals surface area contributed by atoms with Crippen molar-refractivity contribution >= 4 is 11.6 Å². The first-order valence-corrected chi connectivity index (χ1v) is 12.0. The van der Waals surface area contributed by atoms with Gasteiger partial charge in [-0.3, -0.25) is 0 Å². The minimum absolute atomic E-state index is 0.260. The monoisotopic (exact) mass is 439 g/mol. The van der Waals surface area contributed by atoms with Gasteiger partial charge in [-0.25, -0.2) is 0 Å². The van der Waals surface area contributed by atoms with E-state index in [1.807, 2.05) is 30.3 Å². The Morgan fingerprint density at radius 1 is 1.00 bits per heavy atom. The number of nitrogens with one attached hydrogen (secondary N) is 1. The van der Waals surface area contributed by atoms with E-state index >= 15 is 0 Å². The fraction of sp³-hybridized carbons (Fsp3) is 0.556. The van der Waals surface area contributed by atoms with Gasteiger partial charge in [0.1, 0.15) is 6.61 Å². The van der Waals surface area contributed by atoms with Crippen LogP contribution in [0.5, 0.6) is 11.5 Å². The second-order valence-corrected chi connectivity index (χ2v) is 11.6. The first-order valence-electron chi connectivity index (χ1n) is 11.6. The van der Waals surface area contributed by atoms with Crippen LogP contribution in [0.25, 0.3) is 0 Å². The van der Waals surface area contributed by atoms with E-state index < -0.39 is 0 Å². The van der Waals surface area contributed by atoms with Gasteiger partial charge in [0.15, 0.2) is 11.5 Å². The average Bonchev–Trinajstić information content (AvgIpc) is 2.68. The SMILES string of the molecule is COc1cccc(CNC23CC4C[C@@](C)(C2)C[C@](C)(C4)C3)c1OCc1cccc(Cl)c1. The molecule has 0 radical (unpaired) electrons. The Balaban J connectivity index is 1.35. The average molecular weight is 440 g/mol. The van der Waals surface area contributed by atoms with Crippen LogP contribution in [0.2, 0.25) is 5.02 Å². The van der Waals surface area contributed by atoms with Crippen LogP contribution in [0.3, 0.4) is 0 Å². The second kappa shape index (κ2) is 7.71. The molecule has 4 atom stereocenters. The molecule has 2 unspecified atom stereocenters. The van der Waals surface area contributed by atoms with Crippen molar-refractivity contribution in [2.45, 2.75) is 71.1 Å². The Morgan fingerprint density at radius 2 is 1.74 bits per heavy atom. The summed E-state index contributed by atoms with van der Waals surface area (Å²) in [6.07, 6.45) is 8.15. The fourth-order valence-electron chi connectivity index (χ4n) is 7.73. The summed E-state index contributed by atoms with van der Waals surface area (Å²) < 4.78 is 11.9. The predicted octanol–water partition coefficient (Wildman–Crippen LogP) is 6.77. The van der Waals surface area contributed by atoms with Crippen LogP contribution in [0.1, 0.15) is 63.5 Å². The molecule has 1 N–H and O–H groups in total. The number of halogens is 1. The lowest BCUT2D eigenvalue weighted by Crippen LogP contribution is -2.63. The molecule has 4 bridgehead atoms. The van der Waals surface area contributed by atoms with Gasteiger partial charge in [0.2, 0.25) is 0 Å². The second-order valence-electron chi connectivity index (χ2n) is 11.1. The quantitative estimate of drug-likeness (QED) is 0.516. The molecule has 4 heteroatoms. The lowest BCUT2D eigenvalue weighted by atomic mass is 9.43. The van der Waals surface area contributed by atoms with Crippen LogP contribution in [0.4, 0.5) is 0 Å². The summed E-state index contributed by atoms with van der Waals surface area (Å²) in [6, 6.07) is 14.0. The summed E-state index contributed by atoms with van der Waals surface area (Å²) in [4.78, 5) is 0. The van der Waals surface area contributed by atoms with Gasteiger partial charge < -0.3 is 14.8 Å². The van der Waals surface area contributed by atoms with Crippen molar-refractivity contribution in [1.29, 1.82) is 0 Å². The van der Waals surface area contributed by atoms with Gasteiger partial charge in [0.05, 0.1) is 7.11 Å². The fourth-order valence-corrected chi connectivity index (χ4v) is 7.95. The zero-order valence-electron chi connectivity index (χ0n) is 19.0. The number of rotatable bonds is 7. The van der Waals surface area contributed by atoms with Gasteiger partial charge >= 0.3 is 0 Å². The van der Waals surface area contributed by atoms with Gasteiger partial charge in [-0.15, -0.1) is 0 Å². The Morgan fingerprint density at radius 3 is 2.42 bits per heavy atom. The molecule has 4 saturated carbocycles. The summed E-state index contributed by atoms with van der Waals surface area (Å²) in [5.74, 6) is 2.49. The summed E-state index contributed by atoms with van der Waals surface area (Å²) >= 11 is 6.15. The first kappa shape index (κ1) is 21.2. The number of hydrogen-bond acceptors (Lipinski definition) is 3. The lowest BCUT2D eigenvalue weighted by molar-refractivity contribution is -0.118. The topological polar surface area (TPSA) is 30.5 Å². The van der Waals surface area contributed by atoms with Crippen molar-refractivity contribution in [2.75, 3.05) is 7.11 Å². The van der Waals surface area contributed by atoms with E-state index in [1.54, 1.807) is 7.11 Å². The maximum absolute atomic E-state index is 6.29. The Labute approximate surface area is 191 Å². The van der Waals surface area contributed by atoms with E-state index in [4.69, 9.17) is 21.1 Å². The molecule has 166 valence electrons. The van der Waals surface area contributed by atoms with E-state index in [0.29, 0.717) is 17.4 Å². The van der Waals surface area contributed by atoms with E-state index in [1.165, 1.54) is 38.5 Å². The number of para-hydroxylation sites is 1. The highest BCUT2D eigenvalue weighted by atomic mass is 35.5. The molecule has 0 heterocycles. The molecule has 6 rings (SSSR count). The molecule has 0 aliphatic heterocycles. The van der Waals surface area contributed by atoms with Crippen molar-refractivity contribution in [3.63, 3.8) is 0 Å². The zero-order chi connectivity index (χ0) is 21.7. The maximum atomic E-state index is 6.29. The standard InChI is InChI=1S/C27H34ClNO2/c1-25-11-20-12-26(2,16-25)18-27(13-20,17-25)29-14-21-7-5-9-23(30-3)24(21)31-15-19-6-4-8-22(28)10-19/h4-10,20,29H,11-18H2,1-3H3/t20?,25-,26+,27?. The molecule has 4 fully saturated rings. The Hall–Kier alpha value is -1.71. The third kappa shape index (κ3) is 4.19. The molecule has 4 aliphatic rings. The molecule has 0 aromatic heterocycles. The minimum atomic E-state index is 0.260. The van der Waals surface area contributed by atoms with Crippen molar-refractivity contribution in [1.82, 2.24) is 5.32 Å². The van der Waals surface area contributed by atoms with Crippen LogP contribution < -0.4 is 14.8 Å². The molecule has 0 saturated heterocycles. The van der Waals surface area contributed by atoms with Gasteiger partial charge in [-0.2, -0.15) is 0 Å².